The number of hydrogen-bond donors (Lipinski definition) is 0. The van der Waals surface area contributed by atoms with Crippen molar-refractivity contribution in [3.63, 3.8) is 0 Å². The zero-order chi connectivity index (χ0) is 13.5. The molecule has 0 saturated carbocycles. The van der Waals surface area contributed by atoms with Crippen LogP contribution in [0.2, 0.25) is 0 Å². The van der Waals surface area contributed by atoms with Crippen LogP contribution in [0.5, 0.6) is 0 Å². The second-order valence-corrected chi connectivity index (χ2v) is 5.30. The maximum Gasteiger partial charge on any atom is 0.178 e. The molecule has 0 aliphatic carbocycles. The van der Waals surface area contributed by atoms with Gasteiger partial charge in [0.2, 0.25) is 0 Å². The van der Waals surface area contributed by atoms with E-state index in [0.717, 1.165) is 5.56 Å². The van der Waals surface area contributed by atoms with Gasteiger partial charge in [-0.05, 0) is 5.56 Å². The fourth-order valence-electron chi connectivity index (χ4n) is 1.71. The second kappa shape index (κ2) is 7.22. The summed E-state index contributed by atoms with van der Waals surface area (Å²) in [6.45, 7) is 0.883. The van der Waals surface area contributed by atoms with E-state index >= 15 is 0 Å². The summed E-state index contributed by atoms with van der Waals surface area (Å²) in [6, 6.07) is 19.2. The van der Waals surface area contributed by atoms with Gasteiger partial charge in [-0.2, -0.15) is 0 Å². The molecule has 0 amide bonds. The molecule has 0 fully saturated rings. The first-order chi connectivity index (χ1) is 9.27. The minimum absolute atomic E-state index is 0.0497. The molecule has 98 valence electrons. The molecule has 1 atom stereocenters. The quantitative estimate of drug-likeness (QED) is 0.597. The Morgan fingerprint density at radius 2 is 1.58 bits per heavy atom. The summed E-state index contributed by atoms with van der Waals surface area (Å²) in [4.78, 5) is 11.8. The summed E-state index contributed by atoms with van der Waals surface area (Å²) >= 11 is 3.38. The Balaban J connectivity index is 1.82. The third-order valence-electron chi connectivity index (χ3n) is 2.72. The van der Waals surface area contributed by atoms with Crippen molar-refractivity contribution in [1.82, 2.24) is 0 Å². The van der Waals surface area contributed by atoms with Gasteiger partial charge in [0.05, 0.1) is 13.2 Å². The average molecular weight is 319 g/mol. The van der Waals surface area contributed by atoms with E-state index in [-0.39, 0.29) is 10.6 Å². The number of carbonyl (C=O) groups is 1. The third kappa shape index (κ3) is 4.30. The van der Waals surface area contributed by atoms with Gasteiger partial charge in [-0.3, -0.25) is 4.79 Å². The summed E-state index contributed by atoms with van der Waals surface area (Å²) in [6.07, 6.45) is 0. The smallest absolute Gasteiger partial charge is 0.178 e. The number of Topliss-reactive ketones (excluding diaryl/α,β-unsaturated/α-hetero) is 1. The Morgan fingerprint density at radius 1 is 1.00 bits per heavy atom. The van der Waals surface area contributed by atoms with Crippen molar-refractivity contribution in [1.29, 1.82) is 0 Å². The summed E-state index contributed by atoms with van der Waals surface area (Å²) in [5, 5.41) is 0. The van der Waals surface area contributed by atoms with Gasteiger partial charge in [-0.15, -0.1) is 0 Å². The van der Waals surface area contributed by atoms with Crippen LogP contribution in [0, 0.1) is 0 Å². The van der Waals surface area contributed by atoms with Crippen LogP contribution in [0.1, 0.15) is 15.9 Å². The molecule has 0 aliphatic rings. The van der Waals surface area contributed by atoms with E-state index in [0.29, 0.717) is 18.8 Å². The monoisotopic (exact) mass is 318 g/mol. The molecular formula is C16H15BrO2. The molecule has 0 saturated heterocycles. The van der Waals surface area contributed by atoms with Crippen LogP contribution in [0.25, 0.3) is 0 Å². The van der Waals surface area contributed by atoms with Crippen LogP contribution in [0.3, 0.4) is 0 Å². The molecule has 0 radical (unpaired) electrons. The lowest BCUT2D eigenvalue weighted by atomic mass is 10.1. The predicted octanol–water partition coefficient (Wildman–Crippen LogP) is 3.85. The number of hydrogen-bond acceptors (Lipinski definition) is 2. The van der Waals surface area contributed by atoms with Crippen molar-refractivity contribution < 1.29 is 9.53 Å². The molecule has 0 N–H and O–H groups in total. The van der Waals surface area contributed by atoms with E-state index in [9.17, 15) is 4.79 Å². The first kappa shape index (κ1) is 14.0. The van der Waals surface area contributed by atoms with Gasteiger partial charge in [-0.25, -0.2) is 0 Å². The molecule has 2 rings (SSSR count). The summed E-state index contributed by atoms with van der Waals surface area (Å²) < 4.78 is 5.56. The van der Waals surface area contributed by atoms with Crippen molar-refractivity contribution >= 4 is 21.7 Å². The highest BCUT2D eigenvalue weighted by Crippen LogP contribution is 2.11. The van der Waals surface area contributed by atoms with Crippen LogP contribution in [-0.2, 0) is 11.3 Å². The third-order valence-corrected chi connectivity index (χ3v) is 3.40. The molecule has 19 heavy (non-hydrogen) atoms. The van der Waals surface area contributed by atoms with Crippen molar-refractivity contribution in [3.05, 3.63) is 71.8 Å². The van der Waals surface area contributed by atoms with Crippen molar-refractivity contribution in [3.8, 4) is 0 Å². The van der Waals surface area contributed by atoms with E-state index in [1.54, 1.807) is 0 Å². The minimum atomic E-state index is -0.307. The first-order valence-corrected chi connectivity index (χ1v) is 7.04. The number of halogens is 1. The maximum atomic E-state index is 12.1. The zero-order valence-corrected chi connectivity index (χ0v) is 12.0. The molecule has 2 aromatic rings. The summed E-state index contributed by atoms with van der Waals surface area (Å²) in [7, 11) is 0. The van der Waals surface area contributed by atoms with Crippen molar-refractivity contribution in [2.75, 3.05) is 6.61 Å². The highest BCUT2D eigenvalue weighted by atomic mass is 79.9. The predicted molar refractivity (Wildman–Crippen MR) is 79.6 cm³/mol. The molecule has 2 aromatic carbocycles. The van der Waals surface area contributed by atoms with Crippen LogP contribution in [0.4, 0.5) is 0 Å². The van der Waals surface area contributed by atoms with E-state index < -0.39 is 0 Å². The molecule has 3 heteroatoms. The molecular weight excluding hydrogens is 304 g/mol. The number of ketones is 1. The molecule has 2 nitrogen and oxygen atoms in total. The topological polar surface area (TPSA) is 26.3 Å². The van der Waals surface area contributed by atoms with E-state index in [2.05, 4.69) is 15.9 Å². The Hall–Kier alpha value is -1.45. The van der Waals surface area contributed by atoms with Gasteiger partial charge in [0.25, 0.3) is 0 Å². The van der Waals surface area contributed by atoms with E-state index in [1.165, 1.54) is 0 Å². The number of ether oxygens (including phenoxy) is 1. The standard InChI is InChI=1S/C16H15BrO2/c17-15(16(18)14-9-5-2-6-10-14)12-19-11-13-7-3-1-4-8-13/h1-10,15H,11-12H2. The maximum absolute atomic E-state index is 12.1. The van der Waals surface area contributed by atoms with Crippen molar-refractivity contribution in [2.45, 2.75) is 11.4 Å². The van der Waals surface area contributed by atoms with Gasteiger partial charge in [-0.1, -0.05) is 76.6 Å². The lowest BCUT2D eigenvalue weighted by molar-refractivity contribution is 0.0873. The summed E-state index contributed by atoms with van der Waals surface area (Å²) in [5.74, 6) is 0.0497. The largest absolute Gasteiger partial charge is 0.375 e. The van der Waals surface area contributed by atoms with Crippen LogP contribution in [-0.4, -0.2) is 17.2 Å². The molecule has 0 aromatic heterocycles. The van der Waals surface area contributed by atoms with Gasteiger partial charge < -0.3 is 4.74 Å². The van der Waals surface area contributed by atoms with E-state index in [1.807, 2.05) is 60.7 Å². The highest BCUT2D eigenvalue weighted by molar-refractivity contribution is 9.10. The normalized spacial score (nSPS) is 12.1. The van der Waals surface area contributed by atoms with Gasteiger partial charge in [0.15, 0.2) is 5.78 Å². The minimum Gasteiger partial charge on any atom is -0.375 e. The van der Waals surface area contributed by atoms with Crippen LogP contribution < -0.4 is 0 Å². The van der Waals surface area contributed by atoms with Gasteiger partial charge in [0.1, 0.15) is 4.83 Å². The van der Waals surface area contributed by atoms with E-state index in [4.69, 9.17) is 4.74 Å². The SMILES string of the molecule is O=C(c1ccccc1)C(Br)COCc1ccccc1. The number of alkyl halides is 1. The Kier molecular flexibility index (Phi) is 5.31. The second-order valence-electron chi connectivity index (χ2n) is 4.20. The van der Waals surface area contributed by atoms with Crippen molar-refractivity contribution in [2.24, 2.45) is 0 Å². The van der Waals surface area contributed by atoms with Crippen LogP contribution >= 0.6 is 15.9 Å². The average Bonchev–Trinajstić information content (AvgIpc) is 2.48. The highest BCUT2D eigenvalue weighted by Gasteiger charge is 2.16. The van der Waals surface area contributed by atoms with Gasteiger partial charge >= 0.3 is 0 Å². The molecule has 0 aliphatic heterocycles. The molecule has 1 unspecified atom stereocenters. The lowest BCUT2D eigenvalue weighted by Gasteiger charge is -2.10. The fourth-order valence-corrected chi connectivity index (χ4v) is 2.16. The van der Waals surface area contributed by atoms with Gasteiger partial charge in [0, 0.05) is 5.56 Å². The molecule has 0 heterocycles. The number of carbonyl (C=O) groups excluding carboxylic acids is 1. The Morgan fingerprint density at radius 3 is 2.21 bits per heavy atom. The number of benzene rings is 2. The molecule has 0 bridgehead atoms. The zero-order valence-electron chi connectivity index (χ0n) is 10.5. The summed E-state index contributed by atoms with van der Waals surface area (Å²) in [5.41, 5.74) is 1.81. The molecule has 0 spiro atoms. The first-order valence-electron chi connectivity index (χ1n) is 6.12. The Labute approximate surface area is 121 Å². The van der Waals surface area contributed by atoms with Crippen LogP contribution in [0.15, 0.2) is 60.7 Å². The fraction of sp³-hybridized carbons (Fsp3) is 0.188. The lowest BCUT2D eigenvalue weighted by Crippen LogP contribution is -2.20. The number of rotatable bonds is 6. The Bertz CT molecular complexity index is 511.